The lowest BCUT2D eigenvalue weighted by molar-refractivity contribution is -0.143. The minimum Gasteiger partial charge on any atom is -0.469 e. The molecule has 2 rings (SSSR count). The lowest BCUT2D eigenvalue weighted by Crippen LogP contribution is -2.42. The number of rotatable bonds is 8. The Labute approximate surface area is 132 Å². The molecule has 0 radical (unpaired) electrons. The van der Waals surface area contributed by atoms with E-state index in [0.29, 0.717) is 6.54 Å². The van der Waals surface area contributed by atoms with Crippen molar-refractivity contribution in [3.63, 3.8) is 0 Å². The molecule has 0 spiro atoms. The van der Waals surface area contributed by atoms with Crippen LogP contribution in [0.4, 0.5) is 0 Å². The first-order valence-corrected chi connectivity index (χ1v) is 8.36. The third kappa shape index (κ3) is 5.25. The summed E-state index contributed by atoms with van der Waals surface area (Å²) < 4.78 is 10.0. The highest BCUT2D eigenvalue weighted by Gasteiger charge is 2.29. The number of ether oxygens (including phenoxy) is 2. The van der Waals surface area contributed by atoms with E-state index < -0.39 is 0 Å². The highest BCUT2D eigenvalue weighted by Crippen LogP contribution is 2.28. The molecule has 0 aromatic carbocycles. The van der Waals surface area contributed by atoms with Crippen LogP contribution in [0.5, 0.6) is 0 Å². The average molecular weight is 312 g/mol. The van der Waals surface area contributed by atoms with Crippen molar-refractivity contribution in [1.82, 2.24) is 9.80 Å². The van der Waals surface area contributed by atoms with Crippen molar-refractivity contribution in [1.29, 1.82) is 0 Å². The zero-order chi connectivity index (χ0) is 15.8. The Morgan fingerprint density at radius 1 is 1.23 bits per heavy atom. The number of hydrogen-bond donors (Lipinski definition) is 0. The van der Waals surface area contributed by atoms with E-state index in [1.165, 1.54) is 7.11 Å². The molecule has 2 fully saturated rings. The van der Waals surface area contributed by atoms with Gasteiger partial charge in [0, 0.05) is 38.6 Å². The van der Waals surface area contributed by atoms with Crippen LogP contribution < -0.4 is 0 Å². The third-order valence-corrected chi connectivity index (χ3v) is 4.59. The van der Waals surface area contributed by atoms with Gasteiger partial charge in [-0.15, -0.1) is 0 Å². The van der Waals surface area contributed by atoms with Gasteiger partial charge in [0.05, 0.1) is 26.7 Å². The van der Waals surface area contributed by atoms with E-state index in [1.54, 1.807) is 0 Å². The Morgan fingerprint density at radius 3 is 2.55 bits per heavy atom. The number of amides is 1. The molecule has 1 saturated carbocycles. The number of methoxy groups -OCH3 is 1. The molecular weight excluding hydrogens is 284 g/mol. The fourth-order valence-corrected chi connectivity index (χ4v) is 2.88. The largest absolute Gasteiger partial charge is 0.469 e. The first-order valence-electron chi connectivity index (χ1n) is 8.36. The molecule has 0 N–H and O–H groups in total. The van der Waals surface area contributed by atoms with Crippen LogP contribution in [0.25, 0.3) is 0 Å². The van der Waals surface area contributed by atoms with E-state index in [4.69, 9.17) is 4.74 Å². The summed E-state index contributed by atoms with van der Waals surface area (Å²) in [5, 5.41) is 0. The first-order chi connectivity index (χ1) is 10.7. The van der Waals surface area contributed by atoms with E-state index in [0.717, 1.165) is 65.1 Å². The molecule has 0 bridgehead atoms. The van der Waals surface area contributed by atoms with Gasteiger partial charge in [-0.3, -0.25) is 14.5 Å². The van der Waals surface area contributed by atoms with E-state index in [9.17, 15) is 9.59 Å². The molecule has 6 heteroatoms. The predicted octanol–water partition coefficient (Wildman–Crippen LogP) is 0.901. The summed E-state index contributed by atoms with van der Waals surface area (Å²) in [7, 11) is 1.39. The van der Waals surface area contributed by atoms with Crippen LogP contribution in [0.2, 0.25) is 0 Å². The van der Waals surface area contributed by atoms with Crippen LogP contribution in [0.15, 0.2) is 0 Å². The first kappa shape index (κ1) is 17.2. The van der Waals surface area contributed by atoms with E-state index in [2.05, 4.69) is 9.64 Å². The van der Waals surface area contributed by atoms with E-state index >= 15 is 0 Å². The van der Waals surface area contributed by atoms with Gasteiger partial charge in [-0.05, 0) is 19.3 Å². The topological polar surface area (TPSA) is 59.1 Å². The van der Waals surface area contributed by atoms with Crippen molar-refractivity contribution in [2.24, 2.45) is 5.92 Å². The molecule has 0 atom stereocenters. The number of carbonyl (C=O) groups excluding carboxylic acids is 2. The molecule has 2 aliphatic rings. The smallest absolute Gasteiger partial charge is 0.307 e. The number of esters is 1. The summed E-state index contributed by atoms with van der Waals surface area (Å²) in [5.41, 5.74) is 0. The second-order valence-electron chi connectivity index (χ2n) is 6.09. The SMILES string of the molecule is COC(=O)CCN(CCCN1CCOCC1)C(=O)C1CCC1. The molecule has 22 heavy (non-hydrogen) atoms. The van der Waals surface area contributed by atoms with Gasteiger partial charge in [-0.25, -0.2) is 0 Å². The third-order valence-electron chi connectivity index (χ3n) is 4.59. The van der Waals surface area contributed by atoms with Gasteiger partial charge >= 0.3 is 5.97 Å². The maximum absolute atomic E-state index is 12.4. The standard InChI is InChI=1S/C16H28N2O4/c1-21-15(19)6-9-18(16(20)14-4-2-5-14)8-3-7-17-10-12-22-13-11-17/h14H,2-13H2,1H3. The average Bonchev–Trinajstić information content (AvgIpc) is 2.49. The second kappa shape index (κ2) is 9.10. The van der Waals surface area contributed by atoms with Crippen LogP contribution >= 0.6 is 0 Å². The molecule has 0 unspecified atom stereocenters. The highest BCUT2D eigenvalue weighted by atomic mass is 16.5. The molecule has 1 amide bonds. The zero-order valence-electron chi connectivity index (χ0n) is 13.6. The van der Waals surface area contributed by atoms with Gasteiger partial charge in [0.2, 0.25) is 5.91 Å². The summed E-state index contributed by atoms with van der Waals surface area (Å²) in [4.78, 5) is 28.0. The Balaban J connectivity index is 1.75. The Kier molecular flexibility index (Phi) is 7.12. The van der Waals surface area contributed by atoms with Gasteiger partial charge in [0.15, 0.2) is 0 Å². The molecule has 1 aliphatic heterocycles. The van der Waals surface area contributed by atoms with Crippen LogP contribution in [-0.4, -0.2) is 74.7 Å². The van der Waals surface area contributed by atoms with Gasteiger partial charge < -0.3 is 14.4 Å². The zero-order valence-corrected chi connectivity index (χ0v) is 13.6. The van der Waals surface area contributed by atoms with Crippen LogP contribution in [0, 0.1) is 5.92 Å². The number of hydrogen-bond acceptors (Lipinski definition) is 5. The Morgan fingerprint density at radius 2 is 1.95 bits per heavy atom. The quantitative estimate of drug-likeness (QED) is 0.623. The van der Waals surface area contributed by atoms with Gasteiger partial charge in [-0.1, -0.05) is 6.42 Å². The number of carbonyl (C=O) groups is 2. The maximum atomic E-state index is 12.4. The molecule has 0 aromatic heterocycles. The maximum Gasteiger partial charge on any atom is 0.307 e. The van der Waals surface area contributed by atoms with Crippen molar-refractivity contribution in [3.8, 4) is 0 Å². The lowest BCUT2D eigenvalue weighted by atomic mass is 9.84. The molecular formula is C16H28N2O4. The van der Waals surface area contributed by atoms with Crippen LogP contribution in [0.3, 0.4) is 0 Å². The Hall–Kier alpha value is -1.14. The minimum absolute atomic E-state index is 0.182. The summed E-state index contributed by atoms with van der Waals surface area (Å²) in [5.74, 6) is 0.151. The Bertz CT molecular complexity index is 365. The van der Waals surface area contributed by atoms with Crippen molar-refractivity contribution < 1.29 is 19.1 Å². The molecule has 1 saturated heterocycles. The van der Waals surface area contributed by atoms with Gasteiger partial charge in [-0.2, -0.15) is 0 Å². The van der Waals surface area contributed by atoms with Crippen molar-refractivity contribution in [2.45, 2.75) is 32.1 Å². The highest BCUT2D eigenvalue weighted by molar-refractivity contribution is 5.80. The normalized spacial score (nSPS) is 19.5. The van der Waals surface area contributed by atoms with E-state index in [1.807, 2.05) is 4.90 Å². The monoisotopic (exact) mass is 312 g/mol. The lowest BCUT2D eigenvalue weighted by Gasteiger charge is -2.32. The fourth-order valence-electron chi connectivity index (χ4n) is 2.88. The molecule has 6 nitrogen and oxygen atoms in total. The molecule has 126 valence electrons. The van der Waals surface area contributed by atoms with Crippen LogP contribution in [-0.2, 0) is 19.1 Å². The predicted molar refractivity (Wildman–Crippen MR) is 82.4 cm³/mol. The second-order valence-corrected chi connectivity index (χ2v) is 6.09. The van der Waals surface area contributed by atoms with Crippen molar-refractivity contribution >= 4 is 11.9 Å². The molecule has 0 aromatic rings. The number of morpholine rings is 1. The van der Waals surface area contributed by atoms with Crippen molar-refractivity contribution in [2.75, 3.05) is 53.0 Å². The van der Waals surface area contributed by atoms with Crippen molar-refractivity contribution in [3.05, 3.63) is 0 Å². The van der Waals surface area contributed by atoms with Crippen LogP contribution in [0.1, 0.15) is 32.1 Å². The van der Waals surface area contributed by atoms with Gasteiger partial charge in [0.25, 0.3) is 0 Å². The summed E-state index contributed by atoms with van der Waals surface area (Å²) in [6, 6.07) is 0. The molecule has 1 heterocycles. The fraction of sp³-hybridized carbons (Fsp3) is 0.875. The summed E-state index contributed by atoms with van der Waals surface area (Å²) >= 11 is 0. The summed E-state index contributed by atoms with van der Waals surface area (Å²) in [6.45, 7) is 5.72. The number of nitrogens with zero attached hydrogens (tertiary/aromatic N) is 2. The van der Waals surface area contributed by atoms with E-state index in [-0.39, 0.29) is 24.2 Å². The van der Waals surface area contributed by atoms with Gasteiger partial charge in [0.1, 0.15) is 0 Å². The summed E-state index contributed by atoms with van der Waals surface area (Å²) in [6.07, 6.45) is 4.37. The minimum atomic E-state index is -0.250. The molecule has 1 aliphatic carbocycles.